The maximum atomic E-state index is 11.0. The van der Waals surface area contributed by atoms with Crippen LogP contribution >= 0.6 is 24.0 Å². The molecule has 0 bridgehead atoms. The molecule has 142 valence electrons. The Morgan fingerprint density at radius 1 is 1.12 bits per heavy atom. The molecular formula is C16H33IN4O3. The van der Waals surface area contributed by atoms with Gasteiger partial charge in [0.1, 0.15) is 0 Å². The van der Waals surface area contributed by atoms with Crippen molar-refractivity contribution in [1.29, 1.82) is 0 Å². The van der Waals surface area contributed by atoms with E-state index >= 15 is 0 Å². The Bertz CT molecular complexity index is 350. The lowest BCUT2D eigenvalue weighted by Gasteiger charge is -2.26. The first-order valence-corrected chi connectivity index (χ1v) is 8.57. The predicted octanol–water partition coefficient (Wildman–Crippen LogP) is 1.23. The van der Waals surface area contributed by atoms with Crippen molar-refractivity contribution >= 4 is 35.9 Å². The Kier molecular flexibility index (Phi) is 15.5. The molecule has 0 spiro atoms. The Labute approximate surface area is 162 Å². The van der Waals surface area contributed by atoms with Crippen LogP contribution in [0.15, 0.2) is 4.99 Å². The Balaban J connectivity index is 0.00000529. The number of ether oxygens (including phenoxy) is 2. The first kappa shape index (κ1) is 23.4. The average Bonchev–Trinajstić information content (AvgIpc) is 2.59. The monoisotopic (exact) mass is 456 g/mol. The highest BCUT2D eigenvalue weighted by molar-refractivity contribution is 14.0. The van der Waals surface area contributed by atoms with Gasteiger partial charge in [-0.1, -0.05) is 12.8 Å². The van der Waals surface area contributed by atoms with Gasteiger partial charge in [-0.2, -0.15) is 0 Å². The van der Waals surface area contributed by atoms with Gasteiger partial charge in [-0.25, -0.2) is 0 Å². The standard InChI is InChI=1S/C16H32N4O3.HI/c1-17-16(19-9-10-20-11-13-23-14-12-20)18-8-6-4-3-5-7-15(21)22-2;/h3-14H2,1-2H3,(H2,17,18,19);1H. The fraction of sp³-hybridized carbons (Fsp3) is 0.875. The Morgan fingerprint density at radius 3 is 2.46 bits per heavy atom. The third-order valence-electron chi connectivity index (χ3n) is 3.88. The van der Waals surface area contributed by atoms with Crippen molar-refractivity contribution in [2.24, 2.45) is 4.99 Å². The van der Waals surface area contributed by atoms with Gasteiger partial charge in [-0.15, -0.1) is 24.0 Å². The summed E-state index contributed by atoms with van der Waals surface area (Å²) in [7, 11) is 3.23. The molecule has 0 atom stereocenters. The maximum absolute atomic E-state index is 11.0. The summed E-state index contributed by atoms with van der Waals surface area (Å²) in [6.07, 6.45) is 4.66. The Morgan fingerprint density at radius 2 is 1.79 bits per heavy atom. The molecular weight excluding hydrogens is 423 g/mol. The smallest absolute Gasteiger partial charge is 0.305 e. The minimum Gasteiger partial charge on any atom is -0.469 e. The number of hydrogen-bond acceptors (Lipinski definition) is 5. The van der Waals surface area contributed by atoms with Crippen LogP contribution in [0.3, 0.4) is 0 Å². The van der Waals surface area contributed by atoms with Gasteiger partial charge >= 0.3 is 5.97 Å². The van der Waals surface area contributed by atoms with Crippen molar-refractivity contribution < 1.29 is 14.3 Å². The number of carbonyl (C=O) groups excluding carboxylic acids is 1. The Hall–Kier alpha value is -0.610. The van der Waals surface area contributed by atoms with E-state index in [0.717, 1.165) is 77.6 Å². The molecule has 0 saturated carbocycles. The van der Waals surface area contributed by atoms with Crippen LogP contribution in [-0.4, -0.2) is 76.9 Å². The molecule has 1 aliphatic heterocycles. The number of halogens is 1. The summed E-state index contributed by atoms with van der Waals surface area (Å²) in [5.41, 5.74) is 0. The summed E-state index contributed by atoms with van der Waals surface area (Å²) >= 11 is 0. The second-order valence-electron chi connectivity index (χ2n) is 5.62. The quantitative estimate of drug-likeness (QED) is 0.169. The third kappa shape index (κ3) is 11.9. The first-order valence-electron chi connectivity index (χ1n) is 8.57. The average molecular weight is 456 g/mol. The van der Waals surface area contributed by atoms with Gasteiger partial charge in [-0.3, -0.25) is 14.7 Å². The summed E-state index contributed by atoms with van der Waals surface area (Å²) < 4.78 is 9.96. The van der Waals surface area contributed by atoms with E-state index in [9.17, 15) is 4.79 Å². The van der Waals surface area contributed by atoms with Crippen molar-refractivity contribution in [2.45, 2.75) is 32.1 Å². The zero-order valence-corrected chi connectivity index (χ0v) is 17.3. The highest BCUT2D eigenvalue weighted by atomic mass is 127. The number of nitrogens with one attached hydrogen (secondary N) is 2. The van der Waals surface area contributed by atoms with E-state index in [1.54, 1.807) is 7.05 Å². The molecule has 1 saturated heterocycles. The lowest BCUT2D eigenvalue weighted by Crippen LogP contribution is -2.44. The van der Waals surface area contributed by atoms with E-state index in [0.29, 0.717) is 6.42 Å². The lowest BCUT2D eigenvalue weighted by molar-refractivity contribution is -0.140. The van der Waals surface area contributed by atoms with Crippen molar-refractivity contribution in [3.05, 3.63) is 0 Å². The summed E-state index contributed by atoms with van der Waals surface area (Å²) in [6.45, 7) is 6.50. The van der Waals surface area contributed by atoms with E-state index < -0.39 is 0 Å². The number of hydrogen-bond donors (Lipinski definition) is 2. The summed E-state index contributed by atoms with van der Waals surface area (Å²) in [5.74, 6) is 0.737. The number of aliphatic imine (C=N–C) groups is 1. The molecule has 1 rings (SSSR count). The van der Waals surface area contributed by atoms with Gasteiger partial charge in [-0.05, 0) is 12.8 Å². The molecule has 0 amide bonds. The topological polar surface area (TPSA) is 75.2 Å². The van der Waals surface area contributed by atoms with Gasteiger partial charge in [0, 0.05) is 46.2 Å². The molecule has 8 heteroatoms. The molecule has 0 radical (unpaired) electrons. The molecule has 1 fully saturated rings. The van der Waals surface area contributed by atoms with Gasteiger partial charge in [0.05, 0.1) is 20.3 Å². The zero-order valence-electron chi connectivity index (χ0n) is 15.0. The summed E-state index contributed by atoms with van der Waals surface area (Å²) in [5, 5.41) is 6.66. The van der Waals surface area contributed by atoms with Crippen LogP contribution in [0.25, 0.3) is 0 Å². The van der Waals surface area contributed by atoms with Crippen LogP contribution in [0.1, 0.15) is 32.1 Å². The SMILES string of the molecule is CN=C(NCCCCCCC(=O)OC)NCCN1CCOCC1.I. The molecule has 0 unspecified atom stereocenters. The van der Waals surface area contributed by atoms with Crippen LogP contribution in [0, 0.1) is 0 Å². The highest BCUT2D eigenvalue weighted by Gasteiger charge is 2.09. The van der Waals surface area contributed by atoms with Crippen molar-refractivity contribution in [3.8, 4) is 0 Å². The summed E-state index contributed by atoms with van der Waals surface area (Å²) in [6, 6.07) is 0. The molecule has 2 N–H and O–H groups in total. The van der Waals surface area contributed by atoms with E-state index in [1.165, 1.54) is 7.11 Å². The van der Waals surface area contributed by atoms with E-state index in [1.807, 2.05) is 0 Å². The molecule has 0 aromatic rings. The number of esters is 1. The molecule has 0 aliphatic carbocycles. The number of nitrogens with zero attached hydrogens (tertiary/aromatic N) is 2. The van der Waals surface area contributed by atoms with Crippen LogP contribution in [0.4, 0.5) is 0 Å². The van der Waals surface area contributed by atoms with Crippen LogP contribution in [-0.2, 0) is 14.3 Å². The number of carbonyl (C=O) groups is 1. The van der Waals surface area contributed by atoms with Gasteiger partial charge in [0.15, 0.2) is 5.96 Å². The highest BCUT2D eigenvalue weighted by Crippen LogP contribution is 2.03. The van der Waals surface area contributed by atoms with Crippen molar-refractivity contribution in [3.63, 3.8) is 0 Å². The number of guanidine groups is 1. The second-order valence-corrected chi connectivity index (χ2v) is 5.62. The lowest BCUT2D eigenvalue weighted by atomic mass is 10.1. The van der Waals surface area contributed by atoms with Crippen LogP contribution in [0.5, 0.6) is 0 Å². The van der Waals surface area contributed by atoms with Crippen LogP contribution < -0.4 is 10.6 Å². The van der Waals surface area contributed by atoms with Crippen molar-refractivity contribution in [1.82, 2.24) is 15.5 Å². The predicted molar refractivity (Wildman–Crippen MR) is 107 cm³/mol. The summed E-state index contributed by atoms with van der Waals surface area (Å²) in [4.78, 5) is 17.6. The van der Waals surface area contributed by atoms with Gasteiger partial charge in [0.2, 0.25) is 0 Å². The minimum atomic E-state index is -0.118. The van der Waals surface area contributed by atoms with Crippen molar-refractivity contribution in [2.75, 3.05) is 60.1 Å². The largest absolute Gasteiger partial charge is 0.469 e. The molecule has 0 aromatic heterocycles. The van der Waals surface area contributed by atoms with Gasteiger partial charge in [0.25, 0.3) is 0 Å². The van der Waals surface area contributed by atoms with Crippen LogP contribution in [0.2, 0.25) is 0 Å². The molecule has 1 heterocycles. The third-order valence-corrected chi connectivity index (χ3v) is 3.88. The molecule has 24 heavy (non-hydrogen) atoms. The number of unbranched alkanes of at least 4 members (excludes halogenated alkanes) is 3. The maximum Gasteiger partial charge on any atom is 0.305 e. The molecule has 1 aliphatic rings. The zero-order chi connectivity index (χ0) is 16.8. The van der Waals surface area contributed by atoms with E-state index in [2.05, 4.69) is 25.3 Å². The van der Waals surface area contributed by atoms with E-state index in [4.69, 9.17) is 4.74 Å². The fourth-order valence-corrected chi connectivity index (χ4v) is 2.43. The molecule has 7 nitrogen and oxygen atoms in total. The number of rotatable bonds is 10. The fourth-order valence-electron chi connectivity index (χ4n) is 2.43. The second kappa shape index (κ2) is 15.9. The van der Waals surface area contributed by atoms with Gasteiger partial charge < -0.3 is 20.1 Å². The number of methoxy groups -OCH3 is 1. The minimum absolute atomic E-state index is 0. The first-order chi connectivity index (χ1) is 11.3. The van der Waals surface area contributed by atoms with E-state index in [-0.39, 0.29) is 29.9 Å². The number of morpholine rings is 1. The normalized spacial score (nSPS) is 15.5. The molecule has 0 aromatic carbocycles.